The Balaban J connectivity index is 2.65. The molecule has 0 fully saturated rings. The Labute approximate surface area is 140 Å². The number of nitrogens with zero attached hydrogens (tertiary/aromatic N) is 1. The number of ether oxygens (including phenoxy) is 2. The van der Waals surface area contributed by atoms with E-state index in [4.69, 9.17) is 9.47 Å². The summed E-state index contributed by atoms with van der Waals surface area (Å²) in [7, 11) is 0. The van der Waals surface area contributed by atoms with Gasteiger partial charge in [-0.2, -0.15) is 0 Å². The molecule has 0 spiro atoms. The molecule has 6 heteroatoms. The van der Waals surface area contributed by atoms with Gasteiger partial charge in [0.25, 0.3) is 0 Å². The molecule has 0 unspecified atom stereocenters. The summed E-state index contributed by atoms with van der Waals surface area (Å²) in [4.78, 5) is 25.0. The maximum absolute atomic E-state index is 14.8. The van der Waals surface area contributed by atoms with Crippen molar-refractivity contribution in [3.8, 4) is 0 Å². The van der Waals surface area contributed by atoms with Crippen molar-refractivity contribution in [3.63, 3.8) is 0 Å². The van der Waals surface area contributed by atoms with E-state index in [1.165, 1.54) is 6.07 Å². The predicted octanol–water partition coefficient (Wildman–Crippen LogP) is 4.52. The lowest BCUT2D eigenvalue weighted by Gasteiger charge is -2.22. The molecule has 2 rings (SSSR count). The lowest BCUT2D eigenvalue weighted by Crippen LogP contribution is -2.31. The van der Waals surface area contributed by atoms with E-state index in [0.717, 1.165) is 4.57 Å². The minimum absolute atomic E-state index is 0.157. The number of hydrogen-bond donors (Lipinski definition) is 0. The summed E-state index contributed by atoms with van der Waals surface area (Å²) in [6.07, 6.45) is -0.830. The first-order valence-electron chi connectivity index (χ1n) is 7.66. The van der Waals surface area contributed by atoms with Crippen LogP contribution in [-0.2, 0) is 9.47 Å². The molecule has 1 heterocycles. The van der Waals surface area contributed by atoms with Crippen molar-refractivity contribution in [1.29, 1.82) is 0 Å². The second-order valence-electron chi connectivity index (χ2n) is 7.50. The highest BCUT2D eigenvalue weighted by Gasteiger charge is 2.32. The summed E-state index contributed by atoms with van der Waals surface area (Å²) in [5, 5.41) is 0.157. The molecule has 0 N–H and O–H groups in total. The molecule has 5 nitrogen and oxygen atoms in total. The summed E-state index contributed by atoms with van der Waals surface area (Å²) in [5.41, 5.74) is -1.81. The van der Waals surface area contributed by atoms with Crippen LogP contribution in [0.15, 0.2) is 24.3 Å². The standard InChI is InChI=1S/C18H22FNO4/c1-17(2,3)23-15(21)14-13(19)11-9-7-8-10-12(11)20(14)16(22)24-18(4,5)6/h7-10H,1-6H3. The third-order valence-electron chi connectivity index (χ3n) is 2.98. The average molecular weight is 335 g/mol. The number of rotatable bonds is 1. The van der Waals surface area contributed by atoms with Gasteiger partial charge in [0.05, 0.1) is 5.52 Å². The lowest BCUT2D eigenvalue weighted by molar-refractivity contribution is 0.00447. The Hall–Kier alpha value is -2.37. The van der Waals surface area contributed by atoms with Crippen molar-refractivity contribution in [3.05, 3.63) is 35.8 Å². The summed E-state index contributed by atoms with van der Waals surface area (Å²) in [6.45, 7) is 10.1. The SMILES string of the molecule is CC(C)(C)OC(=O)c1c(F)c2ccccc2n1C(=O)OC(C)(C)C. The van der Waals surface area contributed by atoms with Crippen LogP contribution in [0.4, 0.5) is 9.18 Å². The fourth-order valence-corrected chi connectivity index (χ4v) is 2.20. The predicted molar refractivity (Wildman–Crippen MR) is 88.7 cm³/mol. The normalized spacial score (nSPS) is 12.3. The van der Waals surface area contributed by atoms with E-state index in [9.17, 15) is 14.0 Å². The van der Waals surface area contributed by atoms with Crippen molar-refractivity contribution in [2.45, 2.75) is 52.7 Å². The smallest absolute Gasteiger partial charge is 0.419 e. The van der Waals surface area contributed by atoms with E-state index in [1.807, 2.05) is 0 Å². The first kappa shape index (κ1) is 18.0. The van der Waals surface area contributed by atoms with E-state index in [2.05, 4.69) is 0 Å². The van der Waals surface area contributed by atoms with Crippen molar-refractivity contribution in [2.75, 3.05) is 0 Å². The summed E-state index contributed by atoms with van der Waals surface area (Å²) < 4.78 is 26.3. The van der Waals surface area contributed by atoms with E-state index in [-0.39, 0.29) is 10.9 Å². The molecule has 0 aliphatic rings. The van der Waals surface area contributed by atoms with Crippen molar-refractivity contribution in [1.82, 2.24) is 4.57 Å². The molecular weight excluding hydrogens is 313 g/mol. The number of carbonyl (C=O) groups excluding carboxylic acids is 2. The zero-order valence-electron chi connectivity index (χ0n) is 14.8. The molecule has 0 aliphatic carbocycles. The topological polar surface area (TPSA) is 57.5 Å². The monoisotopic (exact) mass is 335 g/mol. The van der Waals surface area contributed by atoms with Gasteiger partial charge in [-0.25, -0.2) is 18.5 Å². The second kappa shape index (κ2) is 5.92. The quantitative estimate of drug-likeness (QED) is 0.719. The van der Waals surface area contributed by atoms with Crippen LogP contribution in [0.1, 0.15) is 52.0 Å². The first-order valence-corrected chi connectivity index (χ1v) is 7.66. The zero-order chi connectivity index (χ0) is 18.3. The molecule has 0 aliphatic heterocycles. The van der Waals surface area contributed by atoms with Gasteiger partial charge in [-0.3, -0.25) is 0 Å². The molecule has 0 amide bonds. The third-order valence-corrected chi connectivity index (χ3v) is 2.98. The number of esters is 1. The highest BCUT2D eigenvalue weighted by molar-refractivity contribution is 6.02. The van der Waals surface area contributed by atoms with Crippen LogP contribution in [0.25, 0.3) is 10.9 Å². The van der Waals surface area contributed by atoms with E-state index in [0.29, 0.717) is 0 Å². The molecule has 2 aromatic rings. The molecule has 24 heavy (non-hydrogen) atoms. The fraction of sp³-hybridized carbons (Fsp3) is 0.444. The van der Waals surface area contributed by atoms with Crippen LogP contribution in [0, 0.1) is 5.82 Å². The summed E-state index contributed by atoms with van der Waals surface area (Å²) >= 11 is 0. The Morgan fingerprint density at radius 2 is 1.50 bits per heavy atom. The largest absolute Gasteiger partial charge is 0.455 e. The minimum atomic E-state index is -0.915. The molecule has 130 valence electrons. The number of carbonyl (C=O) groups is 2. The Morgan fingerprint density at radius 1 is 0.958 bits per heavy atom. The third kappa shape index (κ3) is 3.75. The van der Waals surface area contributed by atoms with Gasteiger partial charge in [0.2, 0.25) is 0 Å². The van der Waals surface area contributed by atoms with Gasteiger partial charge in [0.15, 0.2) is 11.5 Å². The maximum atomic E-state index is 14.8. The van der Waals surface area contributed by atoms with Gasteiger partial charge in [-0.1, -0.05) is 12.1 Å². The van der Waals surface area contributed by atoms with E-state index in [1.54, 1.807) is 59.7 Å². The molecular formula is C18H22FNO4. The Kier molecular flexibility index (Phi) is 4.44. The fourth-order valence-electron chi connectivity index (χ4n) is 2.20. The van der Waals surface area contributed by atoms with Crippen LogP contribution in [0.2, 0.25) is 0 Å². The van der Waals surface area contributed by atoms with Gasteiger partial charge < -0.3 is 9.47 Å². The molecule has 0 saturated carbocycles. The zero-order valence-corrected chi connectivity index (χ0v) is 14.8. The van der Waals surface area contributed by atoms with Gasteiger partial charge in [0.1, 0.15) is 11.2 Å². The van der Waals surface area contributed by atoms with Gasteiger partial charge in [-0.05, 0) is 53.7 Å². The average Bonchev–Trinajstić information content (AvgIpc) is 2.69. The highest BCUT2D eigenvalue weighted by atomic mass is 19.1. The Bertz CT molecular complexity index is 794. The summed E-state index contributed by atoms with van der Waals surface area (Å²) in [5.74, 6) is -1.72. The van der Waals surface area contributed by atoms with Crippen LogP contribution in [0.5, 0.6) is 0 Å². The van der Waals surface area contributed by atoms with Crippen LogP contribution < -0.4 is 0 Å². The molecule has 1 aromatic heterocycles. The van der Waals surface area contributed by atoms with Crippen LogP contribution in [0.3, 0.4) is 0 Å². The molecule has 0 saturated heterocycles. The van der Waals surface area contributed by atoms with Crippen molar-refractivity contribution >= 4 is 23.0 Å². The number of benzene rings is 1. The number of para-hydroxylation sites is 1. The molecule has 0 radical (unpaired) electrons. The Morgan fingerprint density at radius 3 is 2.04 bits per heavy atom. The van der Waals surface area contributed by atoms with Crippen LogP contribution in [-0.4, -0.2) is 27.8 Å². The first-order chi connectivity index (χ1) is 10.9. The summed E-state index contributed by atoms with van der Waals surface area (Å²) in [6, 6.07) is 6.33. The highest BCUT2D eigenvalue weighted by Crippen LogP contribution is 2.27. The minimum Gasteiger partial charge on any atom is -0.455 e. The lowest BCUT2D eigenvalue weighted by atomic mass is 10.2. The molecule has 0 bridgehead atoms. The van der Waals surface area contributed by atoms with Crippen LogP contribution >= 0.6 is 0 Å². The van der Waals surface area contributed by atoms with Crippen molar-refractivity contribution < 1.29 is 23.5 Å². The van der Waals surface area contributed by atoms with E-state index < -0.39 is 34.8 Å². The number of hydrogen-bond acceptors (Lipinski definition) is 4. The maximum Gasteiger partial charge on any atom is 0.419 e. The molecule has 0 atom stereocenters. The molecule has 1 aromatic carbocycles. The van der Waals surface area contributed by atoms with Gasteiger partial charge in [-0.15, -0.1) is 0 Å². The number of halogens is 1. The second-order valence-corrected chi connectivity index (χ2v) is 7.50. The van der Waals surface area contributed by atoms with Gasteiger partial charge in [0, 0.05) is 5.39 Å². The number of aromatic nitrogens is 1. The van der Waals surface area contributed by atoms with Gasteiger partial charge >= 0.3 is 12.1 Å². The van der Waals surface area contributed by atoms with E-state index >= 15 is 0 Å². The number of fused-ring (bicyclic) bond motifs is 1. The van der Waals surface area contributed by atoms with Crippen molar-refractivity contribution in [2.24, 2.45) is 0 Å².